The number of hydrogen-bond acceptors (Lipinski definition) is 7. The Morgan fingerprint density at radius 2 is 1.68 bits per heavy atom. The molecule has 0 unspecified atom stereocenters. The van der Waals surface area contributed by atoms with Crippen LogP contribution >= 0.6 is 11.3 Å². The van der Waals surface area contributed by atoms with Crippen molar-refractivity contribution in [2.24, 2.45) is 0 Å². The number of rotatable bonds is 6. The third-order valence-corrected chi connectivity index (χ3v) is 7.23. The number of thiazole rings is 1. The number of hydrogen-bond donors (Lipinski definition) is 0. The molecule has 38 heavy (non-hydrogen) atoms. The summed E-state index contributed by atoms with van der Waals surface area (Å²) in [4.78, 5) is 18.5. The minimum absolute atomic E-state index is 0.233. The smallest absolute Gasteiger partial charge is 0.291 e. The van der Waals surface area contributed by atoms with Gasteiger partial charge in [-0.1, -0.05) is 41.7 Å². The quantitative estimate of drug-likeness (QED) is 0.320. The van der Waals surface area contributed by atoms with Crippen molar-refractivity contribution in [3.63, 3.8) is 0 Å². The molecule has 0 amide bonds. The van der Waals surface area contributed by atoms with Gasteiger partial charge in [-0.05, 0) is 61.0 Å². The second-order valence-electron chi connectivity index (χ2n) is 8.64. The zero-order chi connectivity index (χ0) is 26.2. The van der Waals surface area contributed by atoms with E-state index in [2.05, 4.69) is 10.1 Å². The zero-order valence-corrected chi connectivity index (χ0v) is 21.8. The van der Waals surface area contributed by atoms with Gasteiger partial charge >= 0.3 is 0 Å². The Bertz CT molecular complexity index is 1890. The fraction of sp³-hybridized carbons (Fsp3) is 0.103. The van der Waals surface area contributed by atoms with Crippen LogP contribution in [-0.4, -0.2) is 38.6 Å². The van der Waals surface area contributed by atoms with Crippen LogP contribution in [0.15, 0.2) is 83.8 Å². The lowest BCUT2D eigenvalue weighted by Gasteiger charge is -2.07. The molecular weight excluding hydrogens is 498 g/mol. The van der Waals surface area contributed by atoms with Crippen LogP contribution in [0.3, 0.4) is 0 Å². The minimum Gasteiger partial charge on any atom is -0.497 e. The van der Waals surface area contributed by atoms with Gasteiger partial charge in [0, 0.05) is 17.3 Å². The molecule has 0 atom stereocenters. The van der Waals surface area contributed by atoms with E-state index in [9.17, 15) is 4.79 Å². The summed E-state index contributed by atoms with van der Waals surface area (Å²) in [6, 6.07) is 23.2. The minimum atomic E-state index is -0.233. The first-order valence-electron chi connectivity index (χ1n) is 11.9. The molecule has 0 radical (unpaired) electrons. The topological polar surface area (TPSA) is 83.5 Å². The lowest BCUT2D eigenvalue weighted by Crippen LogP contribution is -2.23. The number of nitrogens with zero attached hydrogens (tertiary/aromatic N) is 5. The highest BCUT2D eigenvalue weighted by molar-refractivity contribution is 7.15. The molecule has 6 rings (SSSR count). The molecule has 3 aromatic carbocycles. The van der Waals surface area contributed by atoms with Crippen molar-refractivity contribution in [3.8, 4) is 39.8 Å². The lowest BCUT2D eigenvalue weighted by atomic mass is 10.0. The van der Waals surface area contributed by atoms with Crippen molar-refractivity contribution in [3.05, 3.63) is 105 Å². The van der Waals surface area contributed by atoms with Gasteiger partial charge in [0.1, 0.15) is 17.2 Å². The number of methoxy groups -OCH3 is 2. The fourth-order valence-electron chi connectivity index (χ4n) is 4.36. The van der Waals surface area contributed by atoms with Crippen molar-refractivity contribution in [2.75, 3.05) is 14.2 Å². The number of ether oxygens (including phenoxy) is 2. The number of aryl methyl sites for hydroxylation is 1. The van der Waals surface area contributed by atoms with Crippen LogP contribution in [0.4, 0.5) is 0 Å². The summed E-state index contributed by atoms with van der Waals surface area (Å²) in [6.45, 7) is 2.02. The third kappa shape index (κ3) is 4.12. The molecule has 0 N–H and O–H groups in total. The van der Waals surface area contributed by atoms with Gasteiger partial charge in [-0.2, -0.15) is 14.6 Å². The third-order valence-electron chi connectivity index (χ3n) is 6.27. The first-order chi connectivity index (χ1) is 18.6. The maximum atomic E-state index is 13.4. The molecule has 6 aromatic rings. The summed E-state index contributed by atoms with van der Waals surface area (Å²) in [5, 5.41) is 9.39. The van der Waals surface area contributed by atoms with E-state index in [1.807, 2.05) is 96.7 Å². The number of fused-ring (bicyclic) bond motifs is 1. The summed E-state index contributed by atoms with van der Waals surface area (Å²) in [5.74, 6) is 1.87. The van der Waals surface area contributed by atoms with Crippen LogP contribution in [0.5, 0.6) is 11.5 Å². The Morgan fingerprint density at radius 3 is 2.42 bits per heavy atom. The summed E-state index contributed by atoms with van der Waals surface area (Å²) in [5.41, 5.74) is 4.98. The fourth-order valence-corrected chi connectivity index (χ4v) is 5.26. The van der Waals surface area contributed by atoms with Gasteiger partial charge < -0.3 is 9.47 Å². The Hall–Kier alpha value is -4.76. The zero-order valence-electron chi connectivity index (χ0n) is 21.0. The van der Waals surface area contributed by atoms with Gasteiger partial charge in [-0.15, -0.1) is 5.10 Å². The van der Waals surface area contributed by atoms with Gasteiger partial charge in [-0.3, -0.25) is 4.79 Å². The molecule has 0 spiro atoms. The largest absolute Gasteiger partial charge is 0.497 e. The van der Waals surface area contributed by atoms with E-state index in [4.69, 9.17) is 14.6 Å². The van der Waals surface area contributed by atoms with Crippen molar-refractivity contribution in [2.45, 2.75) is 6.92 Å². The second kappa shape index (κ2) is 9.60. The molecule has 188 valence electrons. The Balaban J connectivity index is 1.50. The predicted molar refractivity (Wildman–Crippen MR) is 148 cm³/mol. The molecule has 0 aliphatic heterocycles. The van der Waals surface area contributed by atoms with E-state index in [1.54, 1.807) is 14.2 Å². The molecule has 3 heterocycles. The Labute approximate surface area is 222 Å². The van der Waals surface area contributed by atoms with E-state index in [1.165, 1.54) is 15.9 Å². The van der Waals surface area contributed by atoms with E-state index >= 15 is 0 Å². The molecule has 3 aromatic heterocycles. The average Bonchev–Trinajstić information content (AvgIpc) is 3.64. The standard InChI is InChI=1S/C29H23N5O3S/c1-18-15-21(36-2)13-14-22(18)26-19(17-33(31-26)20-9-5-4-6-10-20)16-25-28(35)34-29(38-25)30-27(32-34)23-11-7-8-12-24(23)37-3/h4-17H,1-3H3/b25-16-. The van der Waals surface area contributed by atoms with Crippen LogP contribution in [0, 0.1) is 6.92 Å². The summed E-state index contributed by atoms with van der Waals surface area (Å²) in [7, 11) is 3.25. The summed E-state index contributed by atoms with van der Waals surface area (Å²) >= 11 is 1.29. The molecule has 0 saturated heterocycles. The molecule has 0 aliphatic carbocycles. The van der Waals surface area contributed by atoms with Crippen LogP contribution < -0.4 is 19.6 Å². The lowest BCUT2D eigenvalue weighted by molar-refractivity contribution is 0.414. The van der Waals surface area contributed by atoms with E-state index in [0.29, 0.717) is 21.1 Å². The van der Waals surface area contributed by atoms with Crippen LogP contribution in [0.1, 0.15) is 11.1 Å². The molecular formula is C29H23N5O3S. The first-order valence-corrected chi connectivity index (χ1v) is 12.7. The van der Waals surface area contributed by atoms with Crippen molar-refractivity contribution in [1.82, 2.24) is 24.4 Å². The highest BCUT2D eigenvalue weighted by Crippen LogP contribution is 2.30. The van der Waals surface area contributed by atoms with Gasteiger partial charge in [0.2, 0.25) is 4.96 Å². The number of aromatic nitrogens is 5. The maximum Gasteiger partial charge on any atom is 0.291 e. The number of benzene rings is 3. The van der Waals surface area contributed by atoms with Crippen molar-refractivity contribution in [1.29, 1.82) is 0 Å². The molecule has 0 saturated carbocycles. The second-order valence-corrected chi connectivity index (χ2v) is 9.65. The van der Waals surface area contributed by atoms with Crippen molar-refractivity contribution < 1.29 is 9.47 Å². The van der Waals surface area contributed by atoms with Gasteiger partial charge in [0.15, 0.2) is 5.82 Å². The average molecular weight is 522 g/mol. The van der Waals surface area contributed by atoms with Gasteiger partial charge in [0.05, 0.1) is 30.0 Å². The first kappa shape index (κ1) is 23.6. The summed E-state index contributed by atoms with van der Waals surface area (Å²) in [6.07, 6.45) is 3.79. The molecule has 0 bridgehead atoms. The highest BCUT2D eigenvalue weighted by Gasteiger charge is 2.17. The monoisotopic (exact) mass is 521 g/mol. The maximum absolute atomic E-state index is 13.4. The van der Waals surface area contributed by atoms with Crippen LogP contribution in [0.25, 0.3) is 39.4 Å². The Morgan fingerprint density at radius 1 is 0.895 bits per heavy atom. The molecule has 0 fully saturated rings. The molecule has 0 aliphatic rings. The SMILES string of the molecule is COc1ccc(-c2nn(-c3ccccc3)cc2/C=c2\sc3nc(-c4ccccc4OC)nn3c2=O)c(C)c1. The summed E-state index contributed by atoms with van der Waals surface area (Å²) < 4.78 is 14.5. The van der Waals surface area contributed by atoms with Gasteiger partial charge in [0.25, 0.3) is 5.56 Å². The molecule has 8 nitrogen and oxygen atoms in total. The molecule has 9 heteroatoms. The Kier molecular flexibility index (Phi) is 5.97. The predicted octanol–water partition coefficient (Wildman–Crippen LogP) is 4.54. The van der Waals surface area contributed by atoms with Gasteiger partial charge in [-0.25, -0.2) is 4.68 Å². The van der Waals surface area contributed by atoms with E-state index in [0.717, 1.165) is 39.4 Å². The normalized spacial score (nSPS) is 11.8. The van der Waals surface area contributed by atoms with Crippen LogP contribution in [0.2, 0.25) is 0 Å². The van der Waals surface area contributed by atoms with Crippen LogP contribution in [-0.2, 0) is 0 Å². The number of para-hydroxylation sites is 2. The van der Waals surface area contributed by atoms with E-state index < -0.39 is 0 Å². The highest BCUT2D eigenvalue weighted by atomic mass is 32.1. The van der Waals surface area contributed by atoms with Crippen molar-refractivity contribution >= 4 is 22.4 Å². The van der Waals surface area contributed by atoms with E-state index in [-0.39, 0.29) is 5.56 Å².